The molecule has 0 aromatic carbocycles. The summed E-state index contributed by atoms with van der Waals surface area (Å²) in [5, 5.41) is 7.84. The molecule has 1 spiro atoms. The van der Waals surface area contributed by atoms with Gasteiger partial charge in [0.1, 0.15) is 6.61 Å². The van der Waals surface area contributed by atoms with E-state index >= 15 is 0 Å². The molecule has 2 aliphatic heterocycles. The Balaban J connectivity index is 1.67. The van der Waals surface area contributed by atoms with Gasteiger partial charge in [0.25, 0.3) is 5.91 Å². The fraction of sp³-hybridized carbons (Fsp3) is 0.762. The highest BCUT2D eigenvalue weighted by molar-refractivity contribution is 5.97. The topological polar surface area (TPSA) is 91.7 Å². The monoisotopic (exact) mass is 407 g/mol. The summed E-state index contributed by atoms with van der Waals surface area (Å²) >= 11 is 0. The SMILES string of the molecule is CCc1nn(CCCOC(=O)COC(C)C)c2c1C(=O)NCC1(CCOCC1)C2. The maximum absolute atomic E-state index is 12.8. The van der Waals surface area contributed by atoms with Crippen molar-refractivity contribution < 1.29 is 23.8 Å². The van der Waals surface area contributed by atoms with E-state index in [-0.39, 0.29) is 30.0 Å². The van der Waals surface area contributed by atoms with Crippen molar-refractivity contribution in [2.45, 2.75) is 65.5 Å². The van der Waals surface area contributed by atoms with Gasteiger partial charge in [-0.3, -0.25) is 9.48 Å². The van der Waals surface area contributed by atoms with Gasteiger partial charge in [0, 0.05) is 32.7 Å². The molecule has 0 unspecified atom stereocenters. The summed E-state index contributed by atoms with van der Waals surface area (Å²) in [4.78, 5) is 24.5. The highest BCUT2D eigenvalue weighted by atomic mass is 16.6. The number of hydrogen-bond acceptors (Lipinski definition) is 6. The minimum atomic E-state index is -0.354. The second kappa shape index (κ2) is 9.71. The number of hydrogen-bond donors (Lipinski definition) is 1. The molecule has 1 saturated heterocycles. The molecule has 0 atom stereocenters. The minimum absolute atomic E-state index is 0.00167. The van der Waals surface area contributed by atoms with Crippen molar-refractivity contribution in [3.63, 3.8) is 0 Å². The zero-order chi connectivity index (χ0) is 20.9. The summed E-state index contributed by atoms with van der Waals surface area (Å²) in [7, 11) is 0. The van der Waals surface area contributed by atoms with E-state index in [4.69, 9.17) is 19.3 Å². The lowest BCUT2D eigenvalue weighted by Crippen LogP contribution is -2.40. The Kier molecular flexibility index (Phi) is 7.29. The minimum Gasteiger partial charge on any atom is -0.464 e. The number of ether oxygens (including phenoxy) is 3. The zero-order valence-electron chi connectivity index (χ0n) is 17.8. The van der Waals surface area contributed by atoms with Crippen LogP contribution in [0, 0.1) is 5.41 Å². The van der Waals surface area contributed by atoms with Gasteiger partial charge in [-0.25, -0.2) is 4.79 Å². The van der Waals surface area contributed by atoms with Crippen molar-refractivity contribution in [1.82, 2.24) is 15.1 Å². The Hall–Kier alpha value is -1.93. The first-order valence-corrected chi connectivity index (χ1v) is 10.7. The number of aryl methyl sites for hydroxylation is 2. The smallest absolute Gasteiger partial charge is 0.332 e. The predicted molar refractivity (Wildman–Crippen MR) is 107 cm³/mol. The molecule has 0 aliphatic carbocycles. The molecule has 0 radical (unpaired) electrons. The Morgan fingerprint density at radius 2 is 2.10 bits per heavy atom. The standard InChI is InChI=1S/C21H33N3O5/c1-4-16-19-17(12-21(14-22-20(19)26)6-10-27-11-7-21)24(23-16)8-5-9-28-18(25)13-29-15(2)3/h15H,4-14H2,1-3H3,(H,22,26). The second-order valence-corrected chi connectivity index (χ2v) is 8.25. The molecule has 3 rings (SSSR count). The zero-order valence-corrected chi connectivity index (χ0v) is 17.8. The number of rotatable bonds is 8. The molecule has 1 fully saturated rings. The van der Waals surface area contributed by atoms with E-state index < -0.39 is 0 Å². The molecule has 162 valence electrons. The number of amides is 1. The fourth-order valence-electron chi connectivity index (χ4n) is 4.03. The van der Waals surface area contributed by atoms with Gasteiger partial charge >= 0.3 is 5.97 Å². The number of nitrogens with zero attached hydrogens (tertiary/aromatic N) is 2. The molecule has 1 aromatic heterocycles. The number of aromatic nitrogens is 2. The third kappa shape index (κ3) is 5.36. The average Bonchev–Trinajstić information content (AvgIpc) is 2.98. The van der Waals surface area contributed by atoms with Crippen LogP contribution >= 0.6 is 0 Å². The maximum Gasteiger partial charge on any atom is 0.332 e. The van der Waals surface area contributed by atoms with E-state index in [2.05, 4.69) is 5.32 Å². The molecular formula is C21H33N3O5. The van der Waals surface area contributed by atoms with E-state index in [1.165, 1.54) is 0 Å². The third-order valence-corrected chi connectivity index (χ3v) is 5.72. The summed E-state index contributed by atoms with van der Waals surface area (Å²) in [6, 6.07) is 0. The van der Waals surface area contributed by atoms with Crippen LogP contribution in [0.1, 0.15) is 61.8 Å². The summed E-state index contributed by atoms with van der Waals surface area (Å²) in [5.74, 6) is -0.378. The highest BCUT2D eigenvalue weighted by Crippen LogP contribution is 2.37. The van der Waals surface area contributed by atoms with Crippen molar-refractivity contribution in [1.29, 1.82) is 0 Å². The van der Waals surface area contributed by atoms with E-state index in [9.17, 15) is 9.59 Å². The van der Waals surface area contributed by atoms with E-state index in [0.29, 0.717) is 32.5 Å². The molecule has 3 heterocycles. The van der Waals surface area contributed by atoms with Crippen LogP contribution < -0.4 is 5.32 Å². The van der Waals surface area contributed by atoms with Crippen LogP contribution in [0.2, 0.25) is 0 Å². The molecule has 8 nitrogen and oxygen atoms in total. The van der Waals surface area contributed by atoms with Crippen LogP contribution in [0.5, 0.6) is 0 Å². The summed E-state index contributed by atoms with van der Waals surface area (Å²) < 4.78 is 18.0. The predicted octanol–water partition coefficient (Wildman–Crippen LogP) is 1.89. The van der Waals surface area contributed by atoms with Gasteiger partial charge < -0.3 is 19.5 Å². The number of nitrogens with one attached hydrogen (secondary N) is 1. The van der Waals surface area contributed by atoms with Gasteiger partial charge in [-0.2, -0.15) is 5.10 Å². The Morgan fingerprint density at radius 3 is 2.79 bits per heavy atom. The molecule has 8 heteroatoms. The fourth-order valence-corrected chi connectivity index (χ4v) is 4.03. The normalized spacial score (nSPS) is 18.4. The summed E-state index contributed by atoms with van der Waals surface area (Å²) in [6.45, 7) is 8.81. The van der Waals surface area contributed by atoms with Crippen LogP contribution in [-0.2, 0) is 38.4 Å². The Bertz CT molecular complexity index is 722. The molecular weight excluding hydrogens is 374 g/mol. The van der Waals surface area contributed by atoms with Crippen LogP contribution in [0.25, 0.3) is 0 Å². The van der Waals surface area contributed by atoms with Crippen LogP contribution in [0.3, 0.4) is 0 Å². The van der Waals surface area contributed by atoms with Gasteiger partial charge in [-0.1, -0.05) is 6.92 Å². The van der Waals surface area contributed by atoms with Gasteiger partial charge in [-0.05, 0) is 44.9 Å². The number of carbonyl (C=O) groups excluding carboxylic acids is 2. The lowest BCUT2D eigenvalue weighted by Gasteiger charge is -2.36. The van der Waals surface area contributed by atoms with Crippen LogP contribution in [0.15, 0.2) is 0 Å². The van der Waals surface area contributed by atoms with E-state index in [1.54, 1.807) is 0 Å². The average molecular weight is 408 g/mol. The van der Waals surface area contributed by atoms with Gasteiger partial charge in [0.15, 0.2) is 0 Å². The third-order valence-electron chi connectivity index (χ3n) is 5.72. The van der Waals surface area contributed by atoms with Gasteiger partial charge in [-0.15, -0.1) is 0 Å². The van der Waals surface area contributed by atoms with Crippen molar-refractivity contribution in [3.05, 3.63) is 17.0 Å². The quantitative estimate of drug-likeness (QED) is 0.523. The summed E-state index contributed by atoms with van der Waals surface area (Å²) in [5.41, 5.74) is 2.61. The lowest BCUT2D eigenvalue weighted by atomic mass is 9.76. The van der Waals surface area contributed by atoms with Gasteiger partial charge in [0.2, 0.25) is 0 Å². The molecule has 1 aromatic rings. The van der Waals surface area contributed by atoms with Crippen LogP contribution in [0.4, 0.5) is 0 Å². The maximum atomic E-state index is 12.8. The molecule has 1 amide bonds. The van der Waals surface area contributed by atoms with Crippen molar-refractivity contribution in [2.24, 2.45) is 5.41 Å². The van der Waals surface area contributed by atoms with Crippen LogP contribution in [-0.4, -0.2) is 60.7 Å². The van der Waals surface area contributed by atoms with E-state index in [0.717, 1.165) is 49.4 Å². The summed E-state index contributed by atoms with van der Waals surface area (Å²) in [6.07, 6.45) is 4.04. The molecule has 2 aliphatic rings. The molecule has 29 heavy (non-hydrogen) atoms. The molecule has 0 bridgehead atoms. The largest absolute Gasteiger partial charge is 0.464 e. The Morgan fingerprint density at radius 1 is 1.34 bits per heavy atom. The van der Waals surface area contributed by atoms with E-state index in [1.807, 2.05) is 25.5 Å². The molecule has 0 saturated carbocycles. The Labute approximate surface area is 172 Å². The van der Waals surface area contributed by atoms with Crippen molar-refractivity contribution in [2.75, 3.05) is 33.0 Å². The first-order chi connectivity index (χ1) is 13.9. The first-order valence-electron chi connectivity index (χ1n) is 10.7. The highest BCUT2D eigenvalue weighted by Gasteiger charge is 2.39. The van der Waals surface area contributed by atoms with Crippen molar-refractivity contribution in [3.8, 4) is 0 Å². The van der Waals surface area contributed by atoms with Crippen molar-refractivity contribution >= 4 is 11.9 Å². The number of carbonyl (C=O) groups is 2. The lowest BCUT2D eigenvalue weighted by molar-refractivity contribution is -0.150. The number of fused-ring (bicyclic) bond motifs is 1. The van der Waals surface area contributed by atoms with Gasteiger partial charge in [0.05, 0.1) is 29.7 Å². The number of esters is 1. The first kappa shape index (κ1) is 21.8. The second-order valence-electron chi connectivity index (χ2n) is 8.25. The molecule has 1 N–H and O–H groups in total.